The van der Waals surface area contributed by atoms with Crippen molar-refractivity contribution >= 4 is 11.6 Å². The zero-order valence-electron chi connectivity index (χ0n) is 8.35. The lowest BCUT2D eigenvalue weighted by Crippen LogP contribution is -2.31. The highest BCUT2D eigenvalue weighted by molar-refractivity contribution is 6.31. The van der Waals surface area contributed by atoms with E-state index in [9.17, 15) is 5.11 Å². The van der Waals surface area contributed by atoms with Crippen molar-refractivity contribution in [1.29, 1.82) is 0 Å². The van der Waals surface area contributed by atoms with E-state index < -0.39 is 5.60 Å². The lowest BCUT2D eigenvalue weighted by molar-refractivity contribution is 0.0607. The first-order valence-corrected chi connectivity index (χ1v) is 4.88. The van der Waals surface area contributed by atoms with Crippen molar-refractivity contribution in [3.05, 3.63) is 35.4 Å². The second-order valence-corrected chi connectivity index (χ2v) is 3.94. The molecule has 1 unspecified atom stereocenters. The molecule has 78 valence electrons. The van der Waals surface area contributed by atoms with Crippen LogP contribution < -0.4 is 0 Å². The predicted octanol–water partition coefficient (Wildman–Crippen LogP) is 2.39. The van der Waals surface area contributed by atoms with Crippen LogP contribution >= 0.6 is 11.6 Å². The number of ether oxygens (including phenoxy) is 1. The minimum absolute atomic E-state index is 0.301. The lowest BCUT2D eigenvalue weighted by Gasteiger charge is -2.24. The molecule has 1 aliphatic rings. The van der Waals surface area contributed by atoms with Crippen LogP contribution in [0.1, 0.15) is 13.3 Å². The van der Waals surface area contributed by atoms with Gasteiger partial charge in [0.25, 0.3) is 0 Å². The summed E-state index contributed by atoms with van der Waals surface area (Å²) in [5.74, 6) is 0. The molecular weight excluding hydrogens is 200 g/mol. The van der Waals surface area contributed by atoms with Crippen molar-refractivity contribution in [3.63, 3.8) is 0 Å². The normalized spacial score (nSPS) is 28.5. The van der Waals surface area contributed by atoms with Gasteiger partial charge in [-0.15, -0.1) is 0 Å². The Hall–Kier alpha value is -0.570. The first-order valence-electron chi connectivity index (χ1n) is 4.50. The molecule has 0 radical (unpaired) electrons. The molecule has 1 rings (SSSR count). The maximum absolute atomic E-state index is 10.2. The maximum Gasteiger partial charge on any atom is 0.115 e. The summed E-state index contributed by atoms with van der Waals surface area (Å²) in [4.78, 5) is 0. The Bertz CT molecular complexity index is 286. The molecule has 0 spiro atoms. The average Bonchev–Trinajstić information content (AvgIpc) is 2.53. The Kier molecular flexibility index (Phi) is 3.53. The largest absolute Gasteiger partial charge is 0.383 e. The van der Waals surface area contributed by atoms with Crippen LogP contribution in [-0.4, -0.2) is 23.9 Å². The van der Waals surface area contributed by atoms with Gasteiger partial charge >= 0.3 is 0 Å². The SMILES string of the molecule is C=C/C(=C(/C)C(=C)Cl)C1(O)CCOC1. The summed E-state index contributed by atoms with van der Waals surface area (Å²) in [5, 5.41) is 10.6. The van der Waals surface area contributed by atoms with Crippen molar-refractivity contribution in [2.24, 2.45) is 0 Å². The van der Waals surface area contributed by atoms with Gasteiger partial charge in [-0.2, -0.15) is 0 Å². The number of rotatable bonds is 3. The topological polar surface area (TPSA) is 29.5 Å². The van der Waals surface area contributed by atoms with Crippen LogP contribution in [0.3, 0.4) is 0 Å². The summed E-state index contributed by atoms with van der Waals surface area (Å²) >= 11 is 5.79. The second kappa shape index (κ2) is 4.30. The molecule has 0 aromatic heterocycles. The van der Waals surface area contributed by atoms with E-state index in [1.165, 1.54) is 0 Å². The number of halogens is 1. The van der Waals surface area contributed by atoms with E-state index in [-0.39, 0.29) is 0 Å². The summed E-state index contributed by atoms with van der Waals surface area (Å²) in [6.07, 6.45) is 2.20. The van der Waals surface area contributed by atoms with Gasteiger partial charge in [-0.25, -0.2) is 0 Å². The van der Waals surface area contributed by atoms with E-state index in [0.29, 0.717) is 24.7 Å². The molecule has 0 bridgehead atoms. The van der Waals surface area contributed by atoms with Gasteiger partial charge in [0.1, 0.15) is 5.60 Å². The molecule has 2 nitrogen and oxygen atoms in total. The van der Waals surface area contributed by atoms with Crippen LogP contribution in [-0.2, 0) is 4.74 Å². The summed E-state index contributed by atoms with van der Waals surface area (Å²) in [7, 11) is 0. The molecule has 0 amide bonds. The van der Waals surface area contributed by atoms with E-state index in [4.69, 9.17) is 16.3 Å². The van der Waals surface area contributed by atoms with Crippen LogP contribution in [0.5, 0.6) is 0 Å². The molecule has 0 saturated carbocycles. The first kappa shape index (κ1) is 11.5. The molecule has 1 N–H and O–H groups in total. The molecule has 0 aromatic rings. The monoisotopic (exact) mass is 214 g/mol. The van der Waals surface area contributed by atoms with Crippen molar-refractivity contribution in [2.45, 2.75) is 18.9 Å². The number of aliphatic hydroxyl groups is 1. The van der Waals surface area contributed by atoms with E-state index >= 15 is 0 Å². The first-order chi connectivity index (χ1) is 6.51. The van der Waals surface area contributed by atoms with E-state index in [1.54, 1.807) is 6.08 Å². The third-order valence-corrected chi connectivity index (χ3v) is 2.80. The highest BCUT2D eigenvalue weighted by Gasteiger charge is 2.36. The summed E-state index contributed by atoms with van der Waals surface area (Å²) in [6, 6.07) is 0. The zero-order valence-corrected chi connectivity index (χ0v) is 9.10. The quantitative estimate of drug-likeness (QED) is 0.732. The molecule has 0 aliphatic carbocycles. The van der Waals surface area contributed by atoms with Gasteiger partial charge in [-0.05, 0) is 18.1 Å². The van der Waals surface area contributed by atoms with Gasteiger partial charge in [-0.3, -0.25) is 0 Å². The van der Waals surface area contributed by atoms with Crippen LogP contribution in [0.15, 0.2) is 35.4 Å². The van der Waals surface area contributed by atoms with Crippen LogP contribution in [0.2, 0.25) is 0 Å². The molecule has 3 heteroatoms. The van der Waals surface area contributed by atoms with Gasteiger partial charge in [0.15, 0.2) is 0 Å². The predicted molar refractivity (Wildman–Crippen MR) is 58.3 cm³/mol. The molecule has 0 aromatic carbocycles. The fraction of sp³-hybridized carbons (Fsp3) is 0.455. The Morgan fingerprint density at radius 1 is 1.64 bits per heavy atom. The highest BCUT2D eigenvalue weighted by Crippen LogP contribution is 2.32. The Balaban J connectivity index is 3.07. The van der Waals surface area contributed by atoms with Gasteiger partial charge in [0.2, 0.25) is 0 Å². The van der Waals surface area contributed by atoms with Crippen molar-refractivity contribution in [1.82, 2.24) is 0 Å². The molecule has 1 atom stereocenters. The third kappa shape index (κ3) is 2.08. The van der Waals surface area contributed by atoms with Gasteiger partial charge in [-0.1, -0.05) is 30.8 Å². The van der Waals surface area contributed by atoms with Crippen molar-refractivity contribution < 1.29 is 9.84 Å². The number of hydrogen-bond donors (Lipinski definition) is 1. The highest BCUT2D eigenvalue weighted by atomic mass is 35.5. The van der Waals surface area contributed by atoms with Gasteiger partial charge in [0, 0.05) is 18.1 Å². The molecular formula is C11H15ClO2. The fourth-order valence-electron chi connectivity index (χ4n) is 1.60. The third-order valence-electron chi connectivity index (χ3n) is 2.52. The van der Waals surface area contributed by atoms with E-state index in [1.807, 2.05) is 6.92 Å². The van der Waals surface area contributed by atoms with E-state index in [2.05, 4.69) is 13.2 Å². The number of allylic oxidation sites excluding steroid dienone is 2. The van der Waals surface area contributed by atoms with Gasteiger partial charge in [0.05, 0.1) is 6.61 Å². The van der Waals surface area contributed by atoms with Gasteiger partial charge < -0.3 is 9.84 Å². The standard InChI is InChI=1S/C11H15ClO2/c1-4-10(8(2)9(3)12)11(13)5-6-14-7-11/h4,13H,1,3,5-7H2,2H3/b10-8+. The molecule has 1 aliphatic heterocycles. The van der Waals surface area contributed by atoms with Crippen LogP contribution in [0.4, 0.5) is 0 Å². The Morgan fingerprint density at radius 3 is 2.64 bits per heavy atom. The minimum Gasteiger partial charge on any atom is -0.383 e. The van der Waals surface area contributed by atoms with Crippen LogP contribution in [0.25, 0.3) is 0 Å². The molecule has 14 heavy (non-hydrogen) atoms. The number of hydrogen-bond acceptors (Lipinski definition) is 2. The Labute approximate surface area is 89.5 Å². The fourth-order valence-corrected chi connectivity index (χ4v) is 1.71. The maximum atomic E-state index is 10.2. The molecule has 1 saturated heterocycles. The summed E-state index contributed by atoms with van der Waals surface area (Å²) in [6.45, 7) is 10.0. The van der Waals surface area contributed by atoms with Crippen LogP contribution in [0, 0.1) is 0 Å². The molecule has 1 fully saturated rings. The second-order valence-electron chi connectivity index (χ2n) is 3.48. The van der Waals surface area contributed by atoms with Crippen molar-refractivity contribution in [2.75, 3.05) is 13.2 Å². The summed E-state index contributed by atoms with van der Waals surface area (Å²) < 4.78 is 5.17. The van der Waals surface area contributed by atoms with E-state index in [0.717, 1.165) is 11.1 Å². The van der Waals surface area contributed by atoms with Crippen molar-refractivity contribution in [3.8, 4) is 0 Å². The average molecular weight is 215 g/mol. The Morgan fingerprint density at radius 2 is 2.29 bits per heavy atom. The smallest absolute Gasteiger partial charge is 0.115 e. The zero-order chi connectivity index (χ0) is 10.8. The lowest BCUT2D eigenvalue weighted by atomic mass is 9.89. The summed E-state index contributed by atoms with van der Waals surface area (Å²) in [5.41, 5.74) is 0.550. The molecule has 1 heterocycles. The minimum atomic E-state index is -0.941.